The van der Waals surface area contributed by atoms with Crippen LogP contribution in [0.15, 0.2) is 29.3 Å². The molecule has 0 aliphatic heterocycles. The molecule has 2 N–H and O–H groups in total. The third kappa shape index (κ3) is 8.79. The van der Waals surface area contributed by atoms with Crippen LogP contribution in [-0.2, 0) is 11.2 Å². The van der Waals surface area contributed by atoms with Crippen LogP contribution < -0.4 is 10.6 Å². The Labute approximate surface area is 159 Å². The maximum atomic E-state index is 12.3. The average molecular weight is 386 g/mol. The van der Waals surface area contributed by atoms with E-state index in [1.807, 2.05) is 19.1 Å². The van der Waals surface area contributed by atoms with Crippen molar-refractivity contribution in [3.05, 3.63) is 35.4 Å². The van der Waals surface area contributed by atoms with Crippen LogP contribution in [0.1, 0.15) is 37.9 Å². The van der Waals surface area contributed by atoms with Crippen LogP contribution in [-0.4, -0.2) is 50.1 Å². The molecule has 0 aliphatic carbocycles. The van der Waals surface area contributed by atoms with Crippen LogP contribution in [0.25, 0.3) is 0 Å². The largest absolute Gasteiger partial charge is 0.406 e. The number of alkyl halides is 3. The van der Waals surface area contributed by atoms with Gasteiger partial charge >= 0.3 is 6.18 Å². The van der Waals surface area contributed by atoms with Crippen molar-refractivity contribution < 1.29 is 18.0 Å². The third-order valence-corrected chi connectivity index (χ3v) is 3.95. The highest BCUT2D eigenvalue weighted by molar-refractivity contribution is 5.86. The monoisotopic (exact) mass is 386 g/mol. The molecule has 1 aromatic rings. The van der Waals surface area contributed by atoms with Crippen LogP contribution in [0, 0.1) is 5.92 Å². The fourth-order valence-electron chi connectivity index (χ4n) is 2.55. The minimum Gasteiger partial charge on any atom is -0.350 e. The molecule has 27 heavy (non-hydrogen) atoms. The molecule has 1 atom stereocenters. The summed E-state index contributed by atoms with van der Waals surface area (Å²) in [6.45, 7) is 4.73. The summed E-state index contributed by atoms with van der Waals surface area (Å²) in [4.78, 5) is 16.5. The molecule has 1 aromatic carbocycles. The van der Waals surface area contributed by atoms with Crippen molar-refractivity contribution in [2.75, 3.05) is 27.2 Å². The van der Waals surface area contributed by atoms with Crippen molar-refractivity contribution in [3.8, 4) is 0 Å². The first-order valence-electron chi connectivity index (χ1n) is 8.88. The first-order chi connectivity index (χ1) is 12.5. The number of benzene rings is 1. The number of carbonyl (C=O) groups is 1. The molecule has 1 amide bonds. The standard InChI is InChI=1S/C19H29F3N4O/c1-13(2)10-15-6-8-16(9-7-15)14(3)25-18(23-4)24-11-17(27)26(5)12-19(20,21)22/h6-9,13-14H,10-12H2,1-5H3,(H2,23,24,25). The van der Waals surface area contributed by atoms with Gasteiger partial charge in [0.15, 0.2) is 5.96 Å². The van der Waals surface area contributed by atoms with Crippen molar-refractivity contribution in [2.45, 2.75) is 39.4 Å². The summed E-state index contributed by atoms with van der Waals surface area (Å²) in [7, 11) is 2.66. The fourth-order valence-corrected chi connectivity index (χ4v) is 2.55. The second-order valence-corrected chi connectivity index (χ2v) is 7.00. The van der Waals surface area contributed by atoms with Gasteiger partial charge in [0, 0.05) is 14.1 Å². The van der Waals surface area contributed by atoms with E-state index in [9.17, 15) is 18.0 Å². The number of rotatable bonds is 7. The Morgan fingerprint density at radius 1 is 1.19 bits per heavy atom. The SMILES string of the molecule is CN=C(NCC(=O)N(C)CC(F)(F)F)NC(C)c1ccc(CC(C)C)cc1. The summed E-state index contributed by atoms with van der Waals surface area (Å²) >= 11 is 0. The first kappa shape index (κ1) is 22.8. The molecule has 0 spiro atoms. The molecule has 1 unspecified atom stereocenters. The van der Waals surface area contributed by atoms with Crippen LogP contribution in [0.5, 0.6) is 0 Å². The number of halogens is 3. The Balaban J connectivity index is 2.56. The maximum Gasteiger partial charge on any atom is 0.406 e. The highest BCUT2D eigenvalue weighted by Gasteiger charge is 2.31. The number of nitrogens with one attached hydrogen (secondary N) is 2. The zero-order valence-electron chi connectivity index (χ0n) is 16.5. The van der Waals surface area contributed by atoms with Gasteiger partial charge in [0.1, 0.15) is 6.54 Å². The van der Waals surface area contributed by atoms with E-state index in [0.717, 1.165) is 19.0 Å². The Bertz CT molecular complexity index is 627. The fraction of sp³-hybridized carbons (Fsp3) is 0.579. The van der Waals surface area contributed by atoms with Crippen molar-refractivity contribution in [3.63, 3.8) is 0 Å². The van der Waals surface area contributed by atoms with Crippen LogP contribution in [0.4, 0.5) is 13.2 Å². The number of hydrogen-bond acceptors (Lipinski definition) is 2. The molecule has 8 heteroatoms. The van der Waals surface area contributed by atoms with E-state index in [4.69, 9.17) is 0 Å². The summed E-state index contributed by atoms with van der Waals surface area (Å²) in [6.07, 6.45) is -3.40. The Hall–Kier alpha value is -2.25. The van der Waals surface area contributed by atoms with Crippen molar-refractivity contribution >= 4 is 11.9 Å². The van der Waals surface area contributed by atoms with Gasteiger partial charge in [-0.2, -0.15) is 13.2 Å². The first-order valence-corrected chi connectivity index (χ1v) is 8.88. The van der Waals surface area contributed by atoms with Crippen LogP contribution in [0.2, 0.25) is 0 Å². The van der Waals surface area contributed by atoms with Gasteiger partial charge in [-0.1, -0.05) is 38.1 Å². The number of likely N-dealkylation sites (N-methyl/N-ethyl adjacent to an activating group) is 1. The van der Waals surface area contributed by atoms with E-state index < -0.39 is 18.6 Å². The summed E-state index contributed by atoms with van der Waals surface area (Å²) in [6, 6.07) is 8.15. The van der Waals surface area contributed by atoms with Gasteiger partial charge in [-0.25, -0.2) is 0 Å². The molecule has 0 aromatic heterocycles. The van der Waals surface area contributed by atoms with E-state index in [1.165, 1.54) is 12.6 Å². The molecule has 0 saturated heterocycles. The molecule has 1 rings (SSSR count). The number of guanidine groups is 1. The number of amides is 1. The molecule has 0 heterocycles. The van der Waals surface area contributed by atoms with Crippen molar-refractivity contribution in [1.82, 2.24) is 15.5 Å². The van der Waals surface area contributed by atoms with Gasteiger partial charge in [-0.15, -0.1) is 0 Å². The molecule has 0 aliphatic rings. The molecule has 0 bridgehead atoms. The van der Waals surface area contributed by atoms with Gasteiger partial charge in [-0.05, 0) is 30.4 Å². The molecule has 0 saturated carbocycles. The van der Waals surface area contributed by atoms with Gasteiger partial charge in [0.2, 0.25) is 5.91 Å². The maximum absolute atomic E-state index is 12.3. The summed E-state index contributed by atoms with van der Waals surface area (Å²) < 4.78 is 37.0. The molecular weight excluding hydrogens is 357 g/mol. The van der Waals surface area contributed by atoms with Crippen molar-refractivity contribution in [2.24, 2.45) is 10.9 Å². The Morgan fingerprint density at radius 2 is 1.78 bits per heavy atom. The molecule has 0 fully saturated rings. The van der Waals surface area contributed by atoms with E-state index >= 15 is 0 Å². The zero-order chi connectivity index (χ0) is 20.6. The lowest BCUT2D eigenvalue weighted by molar-refractivity contribution is -0.157. The Kier molecular flexibility index (Phi) is 8.59. The normalized spacial score (nSPS) is 13.4. The third-order valence-electron chi connectivity index (χ3n) is 3.95. The highest BCUT2D eigenvalue weighted by atomic mass is 19.4. The lowest BCUT2D eigenvalue weighted by Gasteiger charge is -2.21. The van der Waals surface area contributed by atoms with Gasteiger partial charge in [0.05, 0.1) is 12.6 Å². The molecular formula is C19H29F3N4O. The predicted molar refractivity (Wildman–Crippen MR) is 102 cm³/mol. The number of aliphatic imine (C=N–C) groups is 1. The predicted octanol–water partition coefficient (Wildman–Crippen LogP) is 3.13. The van der Waals surface area contributed by atoms with Gasteiger partial charge in [-0.3, -0.25) is 9.79 Å². The van der Waals surface area contributed by atoms with E-state index in [2.05, 4.69) is 41.6 Å². The minimum atomic E-state index is -4.42. The summed E-state index contributed by atoms with van der Waals surface area (Å²) in [5.41, 5.74) is 2.31. The van der Waals surface area contributed by atoms with Crippen LogP contribution in [0.3, 0.4) is 0 Å². The van der Waals surface area contributed by atoms with Crippen molar-refractivity contribution in [1.29, 1.82) is 0 Å². The number of hydrogen-bond donors (Lipinski definition) is 2. The van der Waals surface area contributed by atoms with E-state index in [0.29, 0.717) is 16.8 Å². The molecule has 0 radical (unpaired) electrons. The lowest BCUT2D eigenvalue weighted by Crippen LogP contribution is -2.46. The highest BCUT2D eigenvalue weighted by Crippen LogP contribution is 2.16. The molecule has 152 valence electrons. The zero-order valence-corrected chi connectivity index (χ0v) is 16.5. The second kappa shape index (κ2) is 10.2. The quantitative estimate of drug-likeness (QED) is 0.559. The topological polar surface area (TPSA) is 56.7 Å². The smallest absolute Gasteiger partial charge is 0.350 e. The van der Waals surface area contributed by atoms with Gasteiger partial charge in [0.25, 0.3) is 0 Å². The van der Waals surface area contributed by atoms with Gasteiger partial charge < -0.3 is 15.5 Å². The number of carbonyl (C=O) groups excluding carboxylic acids is 1. The second-order valence-electron chi connectivity index (χ2n) is 7.00. The summed E-state index contributed by atoms with van der Waals surface area (Å²) in [5, 5.41) is 5.89. The lowest BCUT2D eigenvalue weighted by atomic mass is 10.00. The minimum absolute atomic E-state index is 0.0766. The van der Waals surface area contributed by atoms with E-state index in [-0.39, 0.29) is 12.6 Å². The van der Waals surface area contributed by atoms with Crippen LogP contribution >= 0.6 is 0 Å². The number of nitrogens with zero attached hydrogens (tertiary/aromatic N) is 2. The summed E-state index contributed by atoms with van der Waals surface area (Å²) in [5.74, 6) is 0.269. The average Bonchev–Trinajstić information content (AvgIpc) is 2.56. The molecule has 5 nitrogen and oxygen atoms in total. The Morgan fingerprint density at radius 3 is 2.26 bits per heavy atom. The van der Waals surface area contributed by atoms with E-state index in [1.54, 1.807) is 0 Å².